The Morgan fingerprint density at radius 2 is 1.86 bits per heavy atom. The summed E-state index contributed by atoms with van der Waals surface area (Å²) in [7, 11) is 0. The molecule has 0 heterocycles. The normalized spacial score (nSPS) is 22.7. The first-order valence-corrected chi connectivity index (χ1v) is 8.10. The Hall–Kier alpha value is -1.02. The van der Waals surface area contributed by atoms with E-state index in [9.17, 15) is 0 Å². The molecule has 3 rings (SSSR count). The van der Waals surface area contributed by atoms with Gasteiger partial charge in [0.1, 0.15) is 0 Å². The lowest BCUT2D eigenvalue weighted by Gasteiger charge is -2.34. The van der Waals surface area contributed by atoms with Gasteiger partial charge in [-0.15, -0.1) is 0 Å². The third-order valence-electron chi connectivity index (χ3n) is 4.54. The minimum atomic E-state index is 0.198. The first kappa shape index (κ1) is 14.9. The number of rotatable bonds is 2. The number of halogens is 2. The minimum absolute atomic E-state index is 0.198. The fraction of sp³-hybridized carbons (Fsp3) is 0.333. The van der Waals surface area contributed by atoms with Gasteiger partial charge in [-0.1, -0.05) is 53.5 Å². The number of benzene rings is 2. The van der Waals surface area contributed by atoms with Gasteiger partial charge in [0.15, 0.2) is 0 Å². The lowest BCUT2D eigenvalue weighted by Crippen LogP contribution is -2.33. The summed E-state index contributed by atoms with van der Waals surface area (Å²) < 4.78 is 0. The van der Waals surface area contributed by atoms with Crippen LogP contribution in [-0.4, -0.2) is 6.04 Å². The van der Waals surface area contributed by atoms with Crippen molar-refractivity contribution in [2.75, 3.05) is 0 Å². The van der Waals surface area contributed by atoms with E-state index in [-0.39, 0.29) is 6.04 Å². The molecule has 2 aromatic rings. The van der Waals surface area contributed by atoms with Crippen LogP contribution in [-0.2, 0) is 6.42 Å². The van der Waals surface area contributed by atoms with Gasteiger partial charge in [0.25, 0.3) is 0 Å². The van der Waals surface area contributed by atoms with Gasteiger partial charge < -0.3 is 5.73 Å². The fourth-order valence-electron chi connectivity index (χ4n) is 3.30. The number of fused-ring (bicyclic) bond motifs is 1. The molecule has 3 unspecified atom stereocenters. The Morgan fingerprint density at radius 3 is 2.57 bits per heavy atom. The maximum Gasteiger partial charge on any atom is 0.0595 e. The average molecular weight is 320 g/mol. The van der Waals surface area contributed by atoms with Crippen LogP contribution in [0.1, 0.15) is 36.0 Å². The zero-order chi connectivity index (χ0) is 15.0. The predicted molar refractivity (Wildman–Crippen MR) is 90.2 cm³/mol. The summed E-state index contributed by atoms with van der Waals surface area (Å²) in [5.74, 6) is 0.847. The Labute approximate surface area is 136 Å². The van der Waals surface area contributed by atoms with Crippen LogP contribution in [0.15, 0.2) is 42.5 Å². The van der Waals surface area contributed by atoms with E-state index in [1.165, 1.54) is 16.7 Å². The molecule has 21 heavy (non-hydrogen) atoms. The summed E-state index contributed by atoms with van der Waals surface area (Å²) in [4.78, 5) is 0. The molecule has 0 aliphatic heterocycles. The van der Waals surface area contributed by atoms with Crippen LogP contribution in [0, 0.1) is 5.92 Å². The Kier molecular flexibility index (Phi) is 4.26. The van der Waals surface area contributed by atoms with E-state index in [1.54, 1.807) is 0 Å². The third-order valence-corrected chi connectivity index (χ3v) is 5.28. The van der Waals surface area contributed by atoms with Crippen LogP contribution in [0.3, 0.4) is 0 Å². The van der Waals surface area contributed by atoms with Crippen LogP contribution in [0.2, 0.25) is 10.0 Å². The molecule has 0 aromatic heterocycles. The standard InChI is InChI=1S/C18H19Cl2N/c1-11(21)14-8-12-4-2-3-5-15(12)16(9-14)13-6-7-17(19)18(20)10-13/h2-7,10-11,14,16H,8-9,21H2,1H3. The van der Waals surface area contributed by atoms with E-state index < -0.39 is 0 Å². The lowest BCUT2D eigenvalue weighted by molar-refractivity contribution is 0.372. The zero-order valence-electron chi connectivity index (χ0n) is 12.0. The molecule has 0 saturated carbocycles. The van der Waals surface area contributed by atoms with Gasteiger partial charge in [0, 0.05) is 12.0 Å². The maximum atomic E-state index is 6.20. The summed E-state index contributed by atoms with van der Waals surface area (Å²) in [6.45, 7) is 2.10. The number of nitrogens with two attached hydrogens (primary N) is 1. The molecule has 2 N–H and O–H groups in total. The molecule has 0 amide bonds. The van der Waals surface area contributed by atoms with Crippen molar-refractivity contribution in [1.29, 1.82) is 0 Å². The fourth-order valence-corrected chi connectivity index (χ4v) is 3.61. The lowest BCUT2D eigenvalue weighted by atomic mass is 9.72. The van der Waals surface area contributed by atoms with Crippen LogP contribution in [0.4, 0.5) is 0 Å². The number of hydrogen-bond acceptors (Lipinski definition) is 1. The summed E-state index contributed by atoms with van der Waals surface area (Å²) in [5, 5.41) is 1.22. The van der Waals surface area contributed by atoms with Gasteiger partial charge in [-0.2, -0.15) is 0 Å². The maximum absolute atomic E-state index is 6.20. The second kappa shape index (κ2) is 6.00. The first-order chi connectivity index (χ1) is 10.1. The summed E-state index contributed by atoms with van der Waals surface area (Å²) in [6, 6.07) is 14.8. The van der Waals surface area contributed by atoms with Crippen LogP contribution < -0.4 is 5.73 Å². The third kappa shape index (κ3) is 2.96. The van der Waals surface area contributed by atoms with E-state index in [0.717, 1.165) is 12.8 Å². The molecule has 3 atom stereocenters. The zero-order valence-corrected chi connectivity index (χ0v) is 13.5. The van der Waals surface area contributed by atoms with E-state index in [1.807, 2.05) is 12.1 Å². The summed E-state index contributed by atoms with van der Waals surface area (Å²) in [6.07, 6.45) is 2.12. The first-order valence-electron chi connectivity index (χ1n) is 7.34. The van der Waals surface area contributed by atoms with Crippen molar-refractivity contribution >= 4 is 23.2 Å². The van der Waals surface area contributed by atoms with Crippen LogP contribution in [0.5, 0.6) is 0 Å². The Morgan fingerprint density at radius 1 is 1.10 bits per heavy atom. The Balaban J connectivity index is 2.05. The second-order valence-corrected chi connectivity index (χ2v) is 6.80. The predicted octanol–water partition coefficient (Wildman–Crippen LogP) is 5.03. The van der Waals surface area contributed by atoms with Crippen molar-refractivity contribution in [3.8, 4) is 0 Å². The molecule has 1 nitrogen and oxygen atoms in total. The van der Waals surface area contributed by atoms with Crippen molar-refractivity contribution < 1.29 is 0 Å². The largest absolute Gasteiger partial charge is 0.328 e. The molecule has 1 aliphatic rings. The molecule has 0 spiro atoms. The van der Waals surface area contributed by atoms with Crippen molar-refractivity contribution in [2.45, 2.75) is 31.7 Å². The van der Waals surface area contributed by atoms with Gasteiger partial charge in [-0.3, -0.25) is 0 Å². The minimum Gasteiger partial charge on any atom is -0.328 e. The monoisotopic (exact) mass is 319 g/mol. The molecule has 3 heteroatoms. The van der Waals surface area contributed by atoms with Crippen molar-refractivity contribution in [2.24, 2.45) is 11.7 Å². The van der Waals surface area contributed by atoms with Gasteiger partial charge in [0.05, 0.1) is 10.0 Å². The van der Waals surface area contributed by atoms with Crippen LogP contribution >= 0.6 is 23.2 Å². The smallest absolute Gasteiger partial charge is 0.0595 e. The molecule has 0 saturated heterocycles. The summed E-state index contributed by atoms with van der Waals surface area (Å²) >= 11 is 12.2. The molecule has 0 fully saturated rings. The molecular formula is C18H19Cl2N. The Bertz CT molecular complexity index is 651. The van der Waals surface area contributed by atoms with Crippen molar-refractivity contribution in [1.82, 2.24) is 0 Å². The highest BCUT2D eigenvalue weighted by atomic mass is 35.5. The van der Waals surface area contributed by atoms with Crippen molar-refractivity contribution in [3.63, 3.8) is 0 Å². The highest BCUT2D eigenvalue weighted by Gasteiger charge is 2.29. The van der Waals surface area contributed by atoms with E-state index >= 15 is 0 Å². The molecule has 1 aliphatic carbocycles. The van der Waals surface area contributed by atoms with Crippen molar-refractivity contribution in [3.05, 3.63) is 69.2 Å². The van der Waals surface area contributed by atoms with Crippen LogP contribution in [0.25, 0.3) is 0 Å². The van der Waals surface area contributed by atoms with E-state index in [2.05, 4.69) is 37.3 Å². The SMILES string of the molecule is CC(N)C1Cc2ccccc2C(c2ccc(Cl)c(Cl)c2)C1. The van der Waals surface area contributed by atoms with Gasteiger partial charge in [-0.25, -0.2) is 0 Å². The van der Waals surface area contributed by atoms with Gasteiger partial charge in [0.2, 0.25) is 0 Å². The summed E-state index contributed by atoms with van der Waals surface area (Å²) in [5.41, 5.74) is 10.2. The highest BCUT2D eigenvalue weighted by molar-refractivity contribution is 6.42. The van der Waals surface area contributed by atoms with E-state index in [4.69, 9.17) is 28.9 Å². The quantitative estimate of drug-likeness (QED) is 0.825. The molecule has 2 aromatic carbocycles. The number of hydrogen-bond donors (Lipinski definition) is 1. The second-order valence-electron chi connectivity index (χ2n) is 5.98. The van der Waals surface area contributed by atoms with Gasteiger partial charge in [-0.05, 0) is 54.5 Å². The average Bonchev–Trinajstić information content (AvgIpc) is 2.49. The topological polar surface area (TPSA) is 26.0 Å². The van der Waals surface area contributed by atoms with Gasteiger partial charge >= 0.3 is 0 Å². The molecular weight excluding hydrogens is 301 g/mol. The highest BCUT2D eigenvalue weighted by Crippen LogP contribution is 2.41. The van der Waals surface area contributed by atoms with E-state index in [0.29, 0.717) is 21.9 Å². The molecule has 0 radical (unpaired) electrons. The molecule has 0 bridgehead atoms. The molecule has 110 valence electrons.